The van der Waals surface area contributed by atoms with Gasteiger partial charge in [-0.25, -0.2) is 9.78 Å². The maximum absolute atomic E-state index is 11.7. The molecule has 0 saturated carbocycles. The van der Waals surface area contributed by atoms with Crippen LogP contribution in [0.5, 0.6) is 0 Å². The van der Waals surface area contributed by atoms with Crippen LogP contribution in [0.1, 0.15) is 38.7 Å². The summed E-state index contributed by atoms with van der Waals surface area (Å²) >= 11 is 1.63. The molecule has 0 fully saturated rings. The molecule has 0 aliphatic heterocycles. The Morgan fingerprint density at radius 1 is 1.58 bits per heavy atom. The maximum atomic E-state index is 11.7. The highest BCUT2D eigenvalue weighted by atomic mass is 32.1. The van der Waals surface area contributed by atoms with Crippen LogP contribution in [0, 0.1) is 0 Å². The zero-order valence-electron chi connectivity index (χ0n) is 12.3. The van der Waals surface area contributed by atoms with E-state index < -0.39 is 5.60 Å². The van der Waals surface area contributed by atoms with E-state index in [1.807, 2.05) is 26.2 Å². The van der Waals surface area contributed by atoms with Crippen LogP contribution in [0.4, 0.5) is 4.79 Å². The van der Waals surface area contributed by atoms with Crippen LogP contribution in [0.2, 0.25) is 0 Å². The van der Waals surface area contributed by atoms with Gasteiger partial charge in [0.2, 0.25) is 0 Å². The van der Waals surface area contributed by atoms with E-state index in [2.05, 4.69) is 17.2 Å². The minimum atomic E-state index is -0.451. The van der Waals surface area contributed by atoms with Crippen LogP contribution in [0.15, 0.2) is 11.6 Å². The first kappa shape index (κ1) is 15.9. The molecule has 0 aliphatic carbocycles. The number of nitrogens with one attached hydrogen (secondary N) is 1. The normalized spacial score (nSPS) is 13.1. The molecule has 1 aromatic heterocycles. The monoisotopic (exact) mass is 285 g/mol. The van der Waals surface area contributed by atoms with Gasteiger partial charge in [0.25, 0.3) is 0 Å². The molecule has 1 N–H and O–H groups in total. The molecule has 0 spiro atoms. The first-order chi connectivity index (χ1) is 8.79. The van der Waals surface area contributed by atoms with Crippen LogP contribution in [0.25, 0.3) is 0 Å². The van der Waals surface area contributed by atoms with E-state index in [9.17, 15) is 4.79 Å². The number of hydrogen-bond donors (Lipinski definition) is 1. The molecule has 0 aliphatic rings. The first-order valence-corrected chi connectivity index (χ1v) is 7.24. The second kappa shape index (κ2) is 6.86. The highest BCUT2D eigenvalue weighted by Crippen LogP contribution is 2.14. The fourth-order valence-electron chi connectivity index (χ4n) is 1.42. The van der Waals surface area contributed by atoms with Crippen LogP contribution in [-0.2, 0) is 4.74 Å². The van der Waals surface area contributed by atoms with E-state index in [1.165, 1.54) is 0 Å². The number of rotatable bonds is 5. The Labute approximate surface area is 119 Å². The van der Waals surface area contributed by atoms with Crippen molar-refractivity contribution < 1.29 is 9.53 Å². The highest BCUT2D eigenvalue weighted by molar-refractivity contribution is 7.09. The van der Waals surface area contributed by atoms with E-state index in [-0.39, 0.29) is 12.1 Å². The fraction of sp³-hybridized carbons (Fsp3) is 0.692. The van der Waals surface area contributed by atoms with Crippen molar-refractivity contribution in [2.24, 2.45) is 0 Å². The summed E-state index contributed by atoms with van der Waals surface area (Å²) in [4.78, 5) is 17.6. The summed E-state index contributed by atoms with van der Waals surface area (Å²) in [5.74, 6) is 0. The van der Waals surface area contributed by atoms with Crippen molar-refractivity contribution in [2.45, 2.75) is 39.3 Å². The highest BCUT2D eigenvalue weighted by Gasteiger charge is 2.19. The zero-order valence-corrected chi connectivity index (χ0v) is 13.1. The second-order valence-electron chi connectivity index (χ2n) is 5.45. The molecular weight excluding hydrogens is 262 g/mol. The summed E-state index contributed by atoms with van der Waals surface area (Å²) in [6, 6.07) is 0.201. The molecule has 1 heterocycles. The summed E-state index contributed by atoms with van der Waals surface area (Å²) in [5.41, 5.74) is -0.451. The third kappa shape index (κ3) is 6.02. The van der Waals surface area contributed by atoms with Crippen LogP contribution < -0.4 is 5.32 Å². The number of amides is 1. The largest absolute Gasteiger partial charge is 0.444 e. The predicted molar refractivity (Wildman–Crippen MR) is 77.4 cm³/mol. The fourth-order valence-corrected chi connectivity index (χ4v) is 2.09. The summed E-state index contributed by atoms with van der Waals surface area (Å²) < 4.78 is 5.28. The van der Waals surface area contributed by atoms with Crippen LogP contribution in [0.3, 0.4) is 0 Å². The number of nitrogens with zero attached hydrogens (tertiary/aromatic N) is 2. The van der Waals surface area contributed by atoms with Crippen molar-refractivity contribution in [3.05, 3.63) is 16.6 Å². The molecule has 1 amide bonds. The van der Waals surface area contributed by atoms with Crippen molar-refractivity contribution in [3.63, 3.8) is 0 Å². The quantitative estimate of drug-likeness (QED) is 0.903. The lowest BCUT2D eigenvalue weighted by Crippen LogP contribution is -2.38. The molecule has 108 valence electrons. The van der Waals surface area contributed by atoms with Gasteiger partial charge in [0, 0.05) is 31.7 Å². The number of carbonyl (C=O) groups excluding carboxylic acids is 1. The number of aromatic nitrogens is 1. The number of likely N-dealkylation sites (N-methyl/N-ethyl adjacent to an activating group) is 1. The van der Waals surface area contributed by atoms with Gasteiger partial charge in [-0.05, 0) is 27.7 Å². The Kier molecular flexibility index (Phi) is 5.75. The molecular formula is C13H23N3O2S. The SMILES string of the molecule is CC(NCCN(C)C(=O)OC(C)(C)C)c1nccs1. The average Bonchev–Trinajstić information content (AvgIpc) is 2.79. The molecule has 19 heavy (non-hydrogen) atoms. The second-order valence-corrected chi connectivity index (χ2v) is 6.37. The lowest BCUT2D eigenvalue weighted by Gasteiger charge is -2.25. The van der Waals surface area contributed by atoms with Crippen molar-refractivity contribution in [1.29, 1.82) is 0 Å². The molecule has 1 atom stereocenters. The molecule has 1 unspecified atom stereocenters. The van der Waals surface area contributed by atoms with E-state index in [4.69, 9.17) is 4.74 Å². The lowest BCUT2D eigenvalue weighted by atomic mass is 10.2. The molecule has 1 aromatic rings. The summed E-state index contributed by atoms with van der Waals surface area (Å²) in [7, 11) is 1.74. The van der Waals surface area contributed by atoms with Gasteiger partial charge in [-0.2, -0.15) is 0 Å². The van der Waals surface area contributed by atoms with Crippen molar-refractivity contribution >= 4 is 17.4 Å². The van der Waals surface area contributed by atoms with Gasteiger partial charge >= 0.3 is 6.09 Å². The van der Waals surface area contributed by atoms with Crippen molar-refractivity contribution in [2.75, 3.05) is 20.1 Å². The Morgan fingerprint density at radius 3 is 2.79 bits per heavy atom. The van der Waals surface area contributed by atoms with Crippen molar-refractivity contribution in [3.8, 4) is 0 Å². The molecule has 0 aromatic carbocycles. The molecule has 0 bridgehead atoms. The third-order valence-electron chi connectivity index (χ3n) is 2.42. The molecule has 1 rings (SSSR count). The Hall–Kier alpha value is -1.14. The van der Waals surface area contributed by atoms with Gasteiger partial charge in [0.05, 0.1) is 6.04 Å². The van der Waals surface area contributed by atoms with E-state index in [0.29, 0.717) is 13.1 Å². The van der Waals surface area contributed by atoms with Gasteiger partial charge in [0.1, 0.15) is 10.6 Å². The minimum absolute atomic E-state index is 0.201. The average molecular weight is 285 g/mol. The Morgan fingerprint density at radius 2 is 2.26 bits per heavy atom. The number of ether oxygens (including phenoxy) is 1. The lowest BCUT2D eigenvalue weighted by molar-refractivity contribution is 0.0299. The smallest absolute Gasteiger partial charge is 0.410 e. The number of hydrogen-bond acceptors (Lipinski definition) is 5. The van der Waals surface area contributed by atoms with Gasteiger partial charge in [-0.1, -0.05) is 0 Å². The topological polar surface area (TPSA) is 54.5 Å². The number of thiazole rings is 1. The Balaban J connectivity index is 2.27. The summed E-state index contributed by atoms with van der Waals surface area (Å²) in [6.45, 7) is 8.96. The third-order valence-corrected chi connectivity index (χ3v) is 3.38. The number of carbonyl (C=O) groups is 1. The van der Waals surface area contributed by atoms with Crippen LogP contribution >= 0.6 is 11.3 Å². The molecule has 6 heteroatoms. The standard InChI is InChI=1S/C13H23N3O2S/c1-10(11-15-7-9-19-11)14-6-8-16(5)12(17)18-13(2,3)4/h7,9-10,14H,6,8H2,1-5H3. The van der Waals surface area contributed by atoms with Gasteiger partial charge < -0.3 is 15.0 Å². The van der Waals surface area contributed by atoms with Gasteiger partial charge in [-0.15, -0.1) is 11.3 Å². The van der Waals surface area contributed by atoms with E-state index in [1.54, 1.807) is 29.5 Å². The summed E-state index contributed by atoms with van der Waals surface area (Å²) in [6.07, 6.45) is 1.50. The van der Waals surface area contributed by atoms with Crippen molar-refractivity contribution in [1.82, 2.24) is 15.2 Å². The molecule has 0 saturated heterocycles. The molecule has 5 nitrogen and oxygen atoms in total. The van der Waals surface area contributed by atoms with E-state index >= 15 is 0 Å². The zero-order chi connectivity index (χ0) is 14.5. The molecule has 0 radical (unpaired) electrons. The summed E-state index contributed by atoms with van der Waals surface area (Å²) in [5, 5.41) is 6.35. The van der Waals surface area contributed by atoms with Gasteiger partial charge in [-0.3, -0.25) is 0 Å². The maximum Gasteiger partial charge on any atom is 0.410 e. The Bertz CT molecular complexity index is 387. The van der Waals surface area contributed by atoms with Gasteiger partial charge in [0.15, 0.2) is 0 Å². The van der Waals surface area contributed by atoms with Crippen LogP contribution in [-0.4, -0.2) is 41.7 Å². The minimum Gasteiger partial charge on any atom is -0.444 e. The first-order valence-electron chi connectivity index (χ1n) is 6.36. The predicted octanol–water partition coefficient (Wildman–Crippen LogP) is 2.66. The van der Waals surface area contributed by atoms with E-state index in [0.717, 1.165) is 5.01 Å².